The summed E-state index contributed by atoms with van der Waals surface area (Å²) in [6.07, 6.45) is 6.35. The van der Waals surface area contributed by atoms with Crippen molar-refractivity contribution in [1.82, 2.24) is 9.97 Å². The number of hydrogen-bond donors (Lipinski definition) is 1. The van der Waals surface area contributed by atoms with Crippen molar-refractivity contribution < 1.29 is 0 Å². The molecule has 3 aromatic rings. The molecule has 1 aliphatic carbocycles. The summed E-state index contributed by atoms with van der Waals surface area (Å²) in [5, 5.41) is 0. The Bertz CT molecular complexity index is 780. The fourth-order valence-electron chi connectivity index (χ4n) is 3.97. The van der Waals surface area contributed by atoms with Crippen LogP contribution in [0.15, 0.2) is 48.5 Å². The first-order valence-electron chi connectivity index (χ1n) is 8.78. The first-order chi connectivity index (χ1) is 11.3. The first kappa shape index (κ1) is 14.5. The van der Waals surface area contributed by atoms with E-state index in [-0.39, 0.29) is 0 Å². The normalized spacial score (nSPS) is 21.6. The SMILES string of the molecule is Cc1ccc2nc(CC3CCC(c4ccccc4)CC3)[nH]c2c1. The zero-order valence-corrected chi connectivity index (χ0v) is 13.8. The van der Waals surface area contributed by atoms with Crippen molar-refractivity contribution in [2.24, 2.45) is 5.92 Å². The molecule has 2 aromatic carbocycles. The topological polar surface area (TPSA) is 28.7 Å². The van der Waals surface area contributed by atoms with Crippen LogP contribution in [0.1, 0.15) is 48.6 Å². The van der Waals surface area contributed by atoms with Crippen molar-refractivity contribution >= 4 is 11.0 Å². The fourth-order valence-corrected chi connectivity index (χ4v) is 3.97. The van der Waals surface area contributed by atoms with Crippen molar-refractivity contribution in [3.05, 3.63) is 65.5 Å². The van der Waals surface area contributed by atoms with Gasteiger partial charge in [0.1, 0.15) is 5.82 Å². The lowest BCUT2D eigenvalue weighted by Gasteiger charge is -2.28. The highest BCUT2D eigenvalue weighted by molar-refractivity contribution is 5.75. The Morgan fingerprint density at radius 2 is 1.78 bits per heavy atom. The van der Waals surface area contributed by atoms with E-state index >= 15 is 0 Å². The van der Waals surface area contributed by atoms with Crippen LogP contribution in [0.4, 0.5) is 0 Å². The molecule has 0 bridgehead atoms. The number of benzene rings is 2. The zero-order chi connectivity index (χ0) is 15.6. The molecule has 0 saturated heterocycles. The van der Waals surface area contributed by atoms with Crippen LogP contribution in [0.3, 0.4) is 0 Å². The van der Waals surface area contributed by atoms with Gasteiger partial charge in [0.2, 0.25) is 0 Å². The molecule has 1 saturated carbocycles. The van der Waals surface area contributed by atoms with Crippen molar-refractivity contribution in [2.45, 2.75) is 44.9 Å². The minimum Gasteiger partial charge on any atom is -0.342 e. The predicted octanol–water partition coefficient (Wildman–Crippen LogP) is 5.39. The maximum absolute atomic E-state index is 4.77. The standard InChI is InChI=1S/C21H24N2/c1-15-7-12-19-20(13-15)23-21(22-19)14-16-8-10-18(11-9-16)17-5-3-2-4-6-17/h2-7,12-13,16,18H,8-11,14H2,1H3,(H,22,23). The summed E-state index contributed by atoms with van der Waals surface area (Å²) < 4.78 is 0. The van der Waals surface area contributed by atoms with Gasteiger partial charge in [-0.15, -0.1) is 0 Å². The van der Waals surface area contributed by atoms with Gasteiger partial charge in [-0.25, -0.2) is 4.98 Å². The van der Waals surface area contributed by atoms with Crippen molar-refractivity contribution in [3.63, 3.8) is 0 Å². The molecule has 1 aromatic heterocycles. The van der Waals surface area contributed by atoms with Gasteiger partial charge in [-0.2, -0.15) is 0 Å². The van der Waals surface area contributed by atoms with Gasteiger partial charge in [0.15, 0.2) is 0 Å². The highest BCUT2D eigenvalue weighted by atomic mass is 14.9. The molecule has 0 atom stereocenters. The molecule has 1 N–H and O–H groups in total. The molecule has 2 heteroatoms. The van der Waals surface area contributed by atoms with Gasteiger partial charge in [0.25, 0.3) is 0 Å². The van der Waals surface area contributed by atoms with Crippen LogP contribution in [0.25, 0.3) is 11.0 Å². The number of rotatable bonds is 3. The Balaban J connectivity index is 1.40. The van der Waals surface area contributed by atoms with Crippen LogP contribution in [0.5, 0.6) is 0 Å². The van der Waals surface area contributed by atoms with Gasteiger partial charge in [0, 0.05) is 6.42 Å². The molecule has 0 radical (unpaired) electrons. The number of imidazole rings is 1. The Labute approximate surface area is 138 Å². The molecule has 1 aliphatic rings. The number of aryl methyl sites for hydroxylation is 1. The lowest BCUT2D eigenvalue weighted by Crippen LogP contribution is -2.15. The van der Waals surface area contributed by atoms with E-state index in [9.17, 15) is 0 Å². The molecule has 2 nitrogen and oxygen atoms in total. The third-order valence-electron chi connectivity index (χ3n) is 5.29. The fraction of sp³-hybridized carbons (Fsp3) is 0.381. The number of aromatic amines is 1. The van der Waals surface area contributed by atoms with E-state index in [0.717, 1.165) is 29.6 Å². The molecule has 23 heavy (non-hydrogen) atoms. The second kappa shape index (κ2) is 6.19. The maximum atomic E-state index is 4.77. The molecule has 4 rings (SSSR count). The first-order valence-corrected chi connectivity index (χ1v) is 8.78. The summed E-state index contributed by atoms with van der Waals surface area (Å²) in [7, 11) is 0. The largest absolute Gasteiger partial charge is 0.342 e. The molecular weight excluding hydrogens is 280 g/mol. The lowest BCUT2D eigenvalue weighted by molar-refractivity contribution is 0.321. The molecule has 0 spiro atoms. The summed E-state index contributed by atoms with van der Waals surface area (Å²) in [5.41, 5.74) is 5.09. The molecule has 0 amide bonds. The number of nitrogens with zero attached hydrogens (tertiary/aromatic N) is 1. The van der Waals surface area contributed by atoms with Crippen LogP contribution < -0.4 is 0 Å². The maximum Gasteiger partial charge on any atom is 0.107 e. The van der Waals surface area contributed by atoms with Crippen molar-refractivity contribution in [2.75, 3.05) is 0 Å². The summed E-state index contributed by atoms with van der Waals surface area (Å²) in [6, 6.07) is 17.5. The monoisotopic (exact) mass is 304 g/mol. The lowest BCUT2D eigenvalue weighted by atomic mass is 9.77. The molecule has 0 unspecified atom stereocenters. The van der Waals surface area contributed by atoms with Gasteiger partial charge < -0.3 is 4.98 Å². The van der Waals surface area contributed by atoms with Crippen molar-refractivity contribution in [1.29, 1.82) is 0 Å². The van der Waals surface area contributed by atoms with E-state index in [2.05, 4.69) is 60.4 Å². The van der Waals surface area contributed by atoms with Gasteiger partial charge in [-0.3, -0.25) is 0 Å². The van der Waals surface area contributed by atoms with Crippen LogP contribution in [0.2, 0.25) is 0 Å². The highest BCUT2D eigenvalue weighted by Gasteiger charge is 2.23. The van der Waals surface area contributed by atoms with Crippen LogP contribution in [-0.2, 0) is 6.42 Å². The van der Waals surface area contributed by atoms with Gasteiger partial charge in [-0.05, 0) is 67.7 Å². The summed E-state index contributed by atoms with van der Waals surface area (Å²) in [5.74, 6) is 2.69. The summed E-state index contributed by atoms with van der Waals surface area (Å²) in [4.78, 5) is 8.29. The van der Waals surface area contributed by atoms with Crippen LogP contribution >= 0.6 is 0 Å². The number of aromatic nitrogens is 2. The third-order valence-corrected chi connectivity index (χ3v) is 5.29. The van der Waals surface area contributed by atoms with Crippen molar-refractivity contribution in [3.8, 4) is 0 Å². The third kappa shape index (κ3) is 3.17. The summed E-state index contributed by atoms with van der Waals surface area (Å²) in [6.45, 7) is 2.13. The van der Waals surface area contributed by atoms with Crippen LogP contribution in [0, 0.1) is 12.8 Å². The molecule has 118 valence electrons. The zero-order valence-electron chi connectivity index (χ0n) is 13.8. The van der Waals surface area contributed by atoms with Gasteiger partial charge in [0.05, 0.1) is 11.0 Å². The number of nitrogens with one attached hydrogen (secondary N) is 1. The Morgan fingerprint density at radius 1 is 1.00 bits per heavy atom. The summed E-state index contributed by atoms with van der Waals surface area (Å²) >= 11 is 0. The minimum atomic E-state index is 0.755. The second-order valence-electron chi connectivity index (χ2n) is 7.04. The predicted molar refractivity (Wildman–Crippen MR) is 95.7 cm³/mol. The number of hydrogen-bond acceptors (Lipinski definition) is 1. The number of fused-ring (bicyclic) bond motifs is 1. The molecule has 1 fully saturated rings. The van der Waals surface area contributed by atoms with E-state index in [1.807, 2.05) is 0 Å². The Kier molecular flexibility index (Phi) is 3.90. The highest BCUT2D eigenvalue weighted by Crippen LogP contribution is 2.36. The Morgan fingerprint density at radius 3 is 2.57 bits per heavy atom. The van der Waals surface area contributed by atoms with E-state index in [1.165, 1.54) is 42.3 Å². The van der Waals surface area contributed by atoms with Crippen LogP contribution in [-0.4, -0.2) is 9.97 Å². The van der Waals surface area contributed by atoms with E-state index in [0.29, 0.717) is 0 Å². The smallest absolute Gasteiger partial charge is 0.107 e. The molecular formula is C21H24N2. The molecule has 1 heterocycles. The quantitative estimate of drug-likeness (QED) is 0.690. The average molecular weight is 304 g/mol. The average Bonchev–Trinajstić information content (AvgIpc) is 2.97. The minimum absolute atomic E-state index is 0.755. The Hall–Kier alpha value is -2.09. The van der Waals surface area contributed by atoms with Gasteiger partial charge in [-0.1, -0.05) is 36.4 Å². The van der Waals surface area contributed by atoms with E-state index in [4.69, 9.17) is 4.98 Å². The molecule has 0 aliphatic heterocycles. The number of H-pyrrole nitrogens is 1. The second-order valence-corrected chi connectivity index (χ2v) is 7.04. The van der Waals surface area contributed by atoms with Gasteiger partial charge >= 0.3 is 0 Å². The van der Waals surface area contributed by atoms with E-state index in [1.54, 1.807) is 0 Å². The van der Waals surface area contributed by atoms with E-state index < -0.39 is 0 Å².